The lowest BCUT2D eigenvalue weighted by molar-refractivity contribution is -0.0390. The molecule has 0 atom stereocenters. The van der Waals surface area contributed by atoms with Gasteiger partial charge >= 0.3 is 0 Å². The maximum atomic E-state index is 6.05. The molecule has 2 aromatic rings. The fourth-order valence-corrected chi connectivity index (χ4v) is 3.51. The van der Waals surface area contributed by atoms with Crippen molar-refractivity contribution in [2.75, 3.05) is 38.8 Å². The van der Waals surface area contributed by atoms with Crippen molar-refractivity contribution in [1.82, 2.24) is 5.32 Å². The number of hydrogen-bond acceptors (Lipinski definition) is 5. The number of methoxy groups -OCH3 is 1. The first-order valence-electron chi connectivity index (χ1n) is 11.3. The number of aliphatic imine (C=N–C) groups is 1. The van der Waals surface area contributed by atoms with Gasteiger partial charge < -0.3 is 29.6 Å². The summed E-state index contributed by atoms with van der Waals surface area (Å²) in [5, 5.41) is 6.64. The third kappa shape index (κ3) is 7.43. The van der Waals surface area contributed by atoms with E-state index in [0.717, 1.165) is 43.9 Å². The van der Waals surface area contributed by atoms with E-state index < -0.39 is 0 Å². The zero-order valence-corrected chi connectivity index (χ0v) is 19.4. The SMILES string of the molecule is CCNC(=NCc1cccc(COC2CCOCC2)c1)Nc1ccc(OC)c(OCC)c1. The van der Waals surface area contributed by atoms with Gasteiger partial charge in [0.25, 0.3) is 0 Å². The fourth-order valence-electron chi connectivity index (χ4n) is 3.51. The van der Waals surface area contributed by atoms with Gasteiger partial charge in [-0.3, -0.25) is 0 Å². The van der Waals surface area contributed by atoms with Crippen LogP contribution in [0, 0.1) is 0 Å². The Balaban J connectivity index is 1.62. The lowest BCUT2D eigenvalue weighted by atomic mass is 10.1. The summed E-state index contributed by atoms with van der Waals surface area (Å²) in [6.07, 6.45) is 2.23. The lowest BCUT2D eigenvalue weighted by Crippen LogP contribution is -2.30. The average Bonchev–Trinajstić information content (AvgIpc) is 2.83. The van der Waals surface area contributed by atoms with Gasteiger partial charge in [-0.05, 0) is 49.9 Å². The van der Waals surface area contributed by atoms with Crippen LogP contribution in [0.4, 0.5) is 5.69 Å². The Bertz CT molecular complexity index is 866. The van der Waals surface area contributed by atoms with Crippen molar-refractivity contribution in [3.8, 4) is 11.5 Å². The highest BCUT2D eigenvalue weighted by Crippen LogP contribution is 2.30. The summed E-state index contributed by atoms with van der Waals surface area (Å²) in [4.78, 5) is 4.75. The molecule has 0 aliphatic carbocycles. The van der Waals surface area contributed by atoms with Crippen LogP contribution in [-0.2, 0) is 22.6 Å². The van der Waals surface area contributed by atoms with Crippen LogP contribution in [0.3, 0.4) is 0 Å². The Morgan fingerprint density at radius 1 is 1.06 bits per heavy atom. The molecule has 174 valence electrons. The van der Waals surface area contributed by atoms with E-state index in [2.05, 4.69) is 34.9 Å². The summed E-state index contributed by atoms with van der Waals surface area (Å²) in [5.74, 6) is 2.12. The second kappa shape index (κ2) is 12.9. The maximum absolute atomic E-state index is 6.05. The van der Waals surface area contributed by atoms with Gasteiger partial charge in [-0.2, -0.15) is 0 Å². The van der Waals surface area contributed by atoms with Crippen molar-refractivity contribution >= 4 is 11.6 Å². The van der Waals surface area contributed by atoms with Crippen LogP contribution in [-0.4, -0.2) is 45.5 Å². The van der Waals surface area contributed by atoms with Gasteiger partial charge in [0.1, 0.15) is 0 Å². The summed E-state index contributed by atoms with van der Waals surface area (Å²) in [7, 11) is 1.64. The van der Waals surface area contributed by atoms with Gasteiger partial charge in [-0.15, -0.1) is 0 Å². The fraction of sp³-hybridized carbons (Fsp3) is 0.480. The monoisotopic (exact) mass is 441 g/mol. The molecule has 1 aliphatic rings. The van der Waals surface area contributed by atoms with Gasteiger partial charge in [0.2, 0.25) is 0 Å². The molecule has 0 radical (unpaired) electrons. The lowest BCUT2D eigenvalue weighted by Gasteiger charge is -2.22. The zero-order valence-electron chi connectivity index (χ0n) is 19.4. The topological polar surface area (TPSA) is 73.3 Å². The quantitative estimate of drug-likeness (QED) is 0.421. The Hall–Kier alpha value is -2.77. The average molecular weight is 442 g/mol. The number of anilines is 1. The second-order valence-corrected chi connectivity index (χ2v) is 7.56. The highest BCUT2D eigenvalue weighted by molar-refractivity contribution is 5.93. The molecule has 0 amide bonds. The smallest absolute Gasteiger partial charge is 0.196 e. The minimum atomic E-state index is 0.293. The van der Waals surface area contributed by atoms with Crippen molar-refractivity contribution in [2.24, 2.45) is 4.99 Å². The molecular formula is C25H35N3O4. The maximum Gasteiger partial charge on any atom is 0.196 e. The number of benzene rings is 2. The molecular weight excluding hydrogens is 406 g/mol. The molecule has 0 spiro atoms. The van der Waals surface area contributed by atoms with E-state index in [0.29, 0.717) is 43.3 Å². The van der Waals surface area contributed by atoms with E-state index >= 15 is 0 Å². The number of nitrogens with zero attached hydrogens (tertiary/aromatic N) is 1. The normalized spacial score (nSPS) is 14.8. The van der Waals surface area contributed by atoms with Crippen LogP contribution in [0.5, 0.6) is 11.5 Å². The van der Waals surface area contributed by atoms with Gasteiger partial charge in [0.15, 0.2) is 17.5 Å². The van der Waals surface area contributed by atoms with Gasteiger partial charge in [0.05, 0.1) is 33.0 Å². The standard InChI is InChI=1S/C25H35N3O4/c1-4-26-25(28-21-9-10-23(29-3)24(16-21)31-5-2)27-17-19-7-6-8-20(15-19)18-32-22-11-13-30-14-12-22/h6-10,15-16,22H,4-5,11-14,17-18H2,1-3H3,(H2,26,27,28). The van der Waals surface area contributed by atoms with E-state index in [1.807, 2.05) is 32.0 Å². The molecule has 1 fully saturated rings. The Morgan fingerprint density at radius 3 is 2.62 bits per heavy atom. The molecule has 1 heterocycles. The van der Waals surface area contributed by atoms with E-state index in [-0.39, 0.29) is 0 Å². The Morgan fingerprint density at radius 2 is 1.88 bits per heavy atom. The van der Waals surface area contributed by atoms with Gasteiger partial charge in [-0.1, -0.05) is 24.3 Å². The van der Waals surface area contributed by atoms with Crippen LogP contribution in [0.2, 0.25) is 0 Å². The first kappa shape index (κ1) is 23.9. The van der Waals surface area contributed by atoms with Crippen LogP contribution < -0.4 is 20.1 Å². The van der Waals surface area contributed by atoms with E-state index in [4.69, 9.17) is 23.9 Å². The first-order valence-corrected chi connectivity index (χ1v) is 11.3. The number of ether oxygens (including phenoxy) is 4. The van der Waals surface area contributed by atoms with Crippen molar-refractivity contribution in [3.63, 3.8) is 0 Å². The van der Waals surface area contributed by atoms with E-state index in [1.165, 1.54) is 5.56 Å². The number of guanidine groups is 1. The summed E-state index contributed by atoms with van der Waals surface area (Å²) in [6, 6.07) is 14.2. The molecule has 0 bridgehead atoms. The molecule has 3 rings (SSSR count). The predicted molar refractivity (Wildman–Crippen MR) is 128 cm³/mol. The molecule has 32 heavy (non-hydrogen) atoms. The van der Waals surface area contributed by atoms with Crippen LogP contribution in [0.15, 0.2) is 47.5 Å². The summed E-state index contributed by atoms with van der Waals surface area (Å²) < 4.78 is 22.5. The Labute approximate surface area is 191 Å². The predicted octanol–water partition coefficient (Wildman–Crippen LogP) is 4.37. The first-order chi connectivity index (χ1) is 15.7. The van der Waals surface area contributed by atoms with Crippen LogP contribution in [0.25, 0.3) is 0 Å². The number of hydrogen-bond donors (Lipinski definition) is 2. The zero-order chi connectivity index (χ0) is 22.6. The Kier molecular flexibility index (Phi) is 9.65. The summed E-state index contributed by atoms with van der Waals surface area (Å²) >= 11 is 0. The minimum Gasteiger partial charge on any atom is -0.493 e. The van der Waals surface area contributed by atoms with Crippen molar-refractivity contribution in [3.05, 3.63) is 53.6 Å². The van der Waals surface area contributed by atoms with Gasteiger partial charge in [-0.25, -0.2) is 4.99 Å². The third-order valence-electron chi connectivity index (χ3n) is 5.14. The molecule has 0 saturated carbocycles. The highest BCUT2D eigenvalue weighted by Gasteiger charge is 2.14. The number of nitrogens with one attached hydrogen (secondary N) is 2. The second-order valence-electron chi connectivity index (χ2n) is 7.56. The van der Waals surface area contributed by atoms with Gasteiger partial charge in [0, 0.05) is 31.5 Å². The molecule has 2 N–H and O–H groups in total. The molecule has 1 saturated heterocycles. The van der Waals surface area contributed by atoms with Crippen LogP contribution >= 0.6 is 0 Å². The van der Waals surface area contributed by atoms with Crippen molar-refractivity contribution in [1.29, 1.82) is 0 Å². The number of rotatable bonds is 10. The van der Waals surface area contributed by atoms with Crippen LogP contribution in [0.1, 0.15) is 37.8 Å². The summed E-state index contributed by atoms with van der Waals surface area (Å²) in [5.41, 5.74) is 3.19. The molecule has 0 aromatic heterocycles. The molecule has 7 nitrogen and oxygen atoms in total. The summed E-state index contributed by atoms with van der Waals surface area (Å²) in [6.45, 7) is 8.10. The molecule has 0 unspecified atom stereocenters. The van der Waals surface area contributed by atoms with Crippen molar-refractivity contribution in [2.45, 2.75) is 45.9 Å². The van der Waals surface area contributed by atoms with E-state index in [9.17, 15) is 0 Å². The molecule has 1 aliphatic heterocycles. The van der Waals surface area contributed by atoms with Crippen molar-refractivity contribution < 1.29 is 18.9 Å². The van der Waals surface area contributed by atoms with E-state index in [1.54, 1.807) is 7.11 Å². The molecule has 7 heteroatoms. The molecule has 2 aromatic carbocycles. The largest absolute Gasteiger partial charge is 0.493 e. The third-order valence-corrected chi connectivity index (χ3v) is 5.14. The minimum absolute atomic E-state index is 0.293. The highest BCUT2D eigenvalue weighted by atomic mass is 16.5.